The van der Waals surface area contributed by atoms with Crippen molar-refractivity contribution in [3.8, 4) is 0 Å². The van der Waals surface area contributed by atoms with Gasteiger partial charge in [-0.15, -0.1) is 0 Å². The van der Waals surface area contributed by atoms with Gasteiger partial charge in [-0.25, -0.2) is 22.9 Å². The van der Waals surface area contributed by atoms with Crippen LogP contribution in [0.3, 0.4) is 0 Å². The third kappa shape index (κ3) is 4.54. The fourth-order valence-corrected chi connectivity index (χ4v) is 6.03. The smallest absolute Gasteiger partial charge is 0.331 e. The van der Waals surface area contributed by atoms with E-state index in [1.165, 1.54) is 35.8 Å². The number of nitrogens with zero attached hydrogens (tertiary/aromatic N) is 3. The number of hydrogen-bond acceptors (Lipinski definition) is 6. The van der Waals surface area contributed by atoms with Crippen LogP contribution >= 0.6 is 0 Å². The number of urea groups is 1. The lowest BCUT2D eigenvalue weighted by Gasteiger charge is -2.21. The van der Waals surface area contributed by atoms with Crippen molar-refractivity contribution in [2.45, 2.75) is 57.4 Å². The van der Waals surface area contributed by atoms with Crippen LogP contribution < -0.4 is 10.0 Å². The first kappa shape index (κ1) is 22.5. The first-order valence-corrected chi connectivity index (χ1v) is 13.2. The highest BCUT2D eigenvalue weighted by atomic mass is 32.2. The minimum absolute atomic E-state index is 0.214. The van der Waals surface area contributed by atoms with Gasteiger partial charge in [0.15, 0.2) is 0 Å². The van der Waals surface area contributed by atoms with Gasteiger partial charge in [0.05, 0.1) is 12.2 Å². The number of likely N-dealkylation sites (tertiary alicyclic amines) is 1. The maximum Gasteiger partial charge on any atom is 0.333 e. The van der Waals surface area contributed by atoms with Crippen LogP contribution in [0.1, 0.15) is 58.4 Å². The van der Waals surface area contributed by atoms with Gasteiger partial charge in [-0.2, -0.15) is 0 Å². The number of sulfonamides is 1. The van der Waals surface area contributed by atoms with E-state index in [1.54, 1.807) is 4.90 Å². The number of aromatic nitrogens is 2. The van der Waals surface area contributed by atoms with Gasteiger partial charge in [0.1, 0.15) is 5.69 Å². The minimum atomic E-state index is -4.04. The molecule has 34 heavy (non-hydrogen) atoms. The summed E-state index contributed by atoms with van der Waals surface area (Å²) in [6, 6.07) is 1.09. The quantitative estimate of drug-likeness (QED) is 0.677. The summed E-state index contributed by atoms with van der Waals surface area (Å²) in [5, 5.41) is 3.80. The van der Waals surface area contributed by atoms with Gasteiger partial charge < -0.3 is 10.2 Å². The molecule has 0 spiro atoms. The summed E-state index contributed by atoms with van der Waals surface area (Å²) in [6.45, 7) is 0.503. The number of aryl methyl sites for hydroxylation is 2. The van der Waals surface area contributed by atoms with Crippen molar-refractivity contribution >= 4 is 27.6 Å². The molecule has 1 atom stereocenters. The Kier molecular flexibility index (Phi) is 6.07. The Morgan fingerprint density at radius 3 is 2.44 bits per heavy atom. The van der Waals surface area contributed by atoms with Crippen LogP contribution in [-0.4, -0.2) is 47.8 Å². The summed E-state index contributed by atoms with van der Waals surface area (Å²) in [5.41, 5.74) is 5.78. The van der Waals surface area contributed by atoms with Gasteiger partial charge in [0.2, 0.25) is 0 Å². The number of amides is 3. The highest BCUT2D eigenvalue weighted by Crippen LogP contribution is 2.38. The van der Waals surface area contributed by atoms with E-state index in [0.29, 0.717) is 13.0 Å². The molecule has 0 bridgehead atoms. The first-order chi connectivity index (χ1) is 16.4. The lowest BCUT2D eigenvalue weighted by molar-refractivity contribution is 0.0755. The fourth-order valence-electron chi connectivity index (χ4n) is 5.26. The molecule has 1 saturated heterocycles. The van der Waals surface area contributed by atoms with Gasteiger partial charge in [0, 0.05) is 30.0 Å². The zero-order valence-electron chi connectivity index (χ0n) is 18.8. The van der Waals surface area contributed by atoms with E-state index in [1.807, 2.05) is 0 Å². The highest BCUT2D eigenvalue weighted by molar-refractivity contribution is 7.92. The molecule has 1 aromatic carbocycles. The molecule has 9 nitrogen and oxygen atoms in total. The number of carbonyl (C=O) groups is 2. The van der Waals surface area contributed by atoms with E-state index in [4.69, 9.17) is 0 Å². The van der Waals surface area contributed by atoms with E-state index < -0.39 is 22.1 Å². The molecule has 5 rings (SSSR count). The number of rotatable bonds is 5. The third-order valence-electron chi connectivity index (χ3n) is 6.77. The van der Waals surface area contributed by atoms with Crippen molar-refractivity contribution in [2.75, 3.05) is 11.9 Å². The van der Waals surface area contributed by atoms with Crippen molar-refractivity contribution in [3.63, 3.8) is 0 Å². The average Bonchev–Trinajstić information content (AvgIpc) is 3.57. The number of nitrogens with one attached hydrogen (secondary N) is 2. The first-order valence-electron chi connectivity index (χ1n) is 11.7. The predicted octanol–water partition coefficient (Wildman–Crippen LogP) is 2.72. The normalized spacial score (nSPS) is 19.3. The number of hydrogen-bond donors (Lipinski definition) is 2. The van der Waals surface area contributed by atoms with E-state index in [0.717, 1.165) is 67.2 Å². The van der Waals surface area contributed by atoms with Crippen LogP contribution in [-0.2, 0) is 35.7 Å². The summed E-state index contributed by atoms with van der Waals surface area (Å²) < 4.78 is 27.3. The Morgan fingerprint density at radius 2 is 1.76 bits per heavy atom. The second-order valence-corrected chi connectivity index (χ2v) is 10.5. The van der Waals surface area contributed by atoms with Crippen molar-refractivity contribution in [1.82, 2.24) is 19.6 Å². The number of anilines is 1. The molecule has 0 saturated carbocycles. The molecular weight excluding hydrogens is 454 g/mol. The summed E-state index contributed by atoms with van der Waals surface area (Å²) >= 11 is 0. The Balaban J connectivity index is 1.27. The molecule has 1 aliphatic heterocycles. The number of carbonyl (C=O) groups excluding carboxylic acids is 2. The molecule has 10 heteroatoms. The zero-order valence-corrected chi connectivity index (χ0v) is 19.6. The molecule has 2 aromatic rings. The Bertz CT molecular complexity index is 1230. The van der Waals surface area contributed by atoms with Gasteiger partial charge in [-0.1, -0.05) is 6.07 Å². The largest absolute Gasteiger partial charge is 0.333 e. The Hall–Kier alpha value is -3.27. The monoisotopic (exact) mass is 481 g/mol. The average molecular weight is 482 g/mol. The Morgan fingerprint density at radius 1 is 1.03 bits per heavy atom. The van der Waals surface area contributed by atoms with Gasteiger partial charge in [-0.3, -0.25) is 9.78 Å². The van der Waals surface area contributed by atoms with Crippen molar-refractivity contribution < 1.29 is 18.0 Å². The molecule has 2 aliphatic carbocycles. The lowest BCUT2D eigenvalue weighted by atomic mass is 9.99. The minimum Gasteiger partial charge on any atom is -0.331 e. The maximum absolute atomic E-state index is 12.7. The third-order valence-corrected chi connectivity index (χ3v) is 7.75. The molecule has 1 aromatic heterocycles. The topological polar surface area (TPSA) is 121 Å². The number of benzene rings is 1. The van der Waals surface area contributed by atoms with E-state index in [2.05, 4.69) is 26.1 Å². The van der Waals surface area contributed by atoms with Crippen LogP contribution in [0, 0.1) is 0 Å². The standard InChI is InChI=1S/C24H27N5O4S/c30-23(21-15-25-10-11-26-21)29-12-3-6-18(29)9-13-34(32,33)28-24(31)27-22-19-7-1-4-16(19)14-17-5-2-8-20(17)22/h9-11,13-15,18H,1-8,12H2,(H2,27,28,31)/b13-9+/t18-/m1/s1. The van der Waals surface area contributed by atoms with Gasteiger partial charge in [-0.05, 0) is 79.7 Å². The molecule has 0 radical (unpaired) electrons. The van der Waals surface area contributed by atoms with Gasteiger partial charge in [0.25, 0.3) is 15.9 Å². The fraction of sp³-hybridized carbons (Fsp3) is 0.417. The molecule has 0 unspecified atom stereocenters. The van der Waals surface area contributed by atoms with E-state index >= 15 is 0 Å². The van der Waals surface area contributed by atoms with Crippen LogP contribution in [0.4, 0.5) is 10.5 Å². The predicted molar refractivity (Wildman–Crippen MR) is 127 cm³/mol. The summed E-state index contributed by atoms with van der Waals surface area (Å²) in [6.07, 6.45) is 13.0. The van der Waals surface area contributed by atoms with E-state index in [9.17, 15) is 18.0 Å². The second-order valence-electron chi connectivity index (χ2n) is 8.96. The highest BCUT2D eigenvalue weighted by Gasteiger charge is 2.29. The van der Waals surface area contributed by atoms with E-state index in [-0.39, 0.29) is 11.6 Å². The molecule has 3 aliphatic rings. The lowest BCUT2D eigenvalue weighted by Crippen LogP contribution is -2.36. The maximum atomic E-state index is 12.7. The Labute approximate surface area is 198 Å². The molecular formula is C24H27N5O4S. The van der Waals surface area contributed by atoms with Crippen LogP contribution in [0.15, 0.2) is 36.1 Å². The second kappa shape index (κ2) is 9.17. The van der Waals surface area contributed by atoms with Crippen molar-refractivity contribution in [1.29, 1.82) is 0 Å². The molecule has 2 heterocycles. The molecule has 1 fully saturated rings. The summed E-state index contributed by atoms with van der Waals surface area (Å²) in [7, 11) is -4.04. The summed E-state index contributed by atoms with van der Waals surface area (Å²) in [4.78, 5) is 34.9. The zero-order chi connectivity index (χ0) is 23.7. The van der Waals surface area contributed by atoms with Crippen molar-refractivity contribution in [3.05, 3.63) is 64.1 Å². The number of fused-ring (bicyclic) bond motifs is 2. The SMILES string of the molecule is O=C(Nc1c2c(cc3c1CCC3)CCC2)NS(=O)(=O)/C=C/[C@H]1CCCN1C(=O)c1cnccn1. The molecule has 2 N–H and O–H groups in total. The molecule has 178 valence electrons. The van der Waals surface area contributed by atoms with Crippen molar-refractivity contribution in [2.24, 2.45) is 0 Å². The van der Waals surface area contributed by atoms with Crippen LogP contribution in [0.2, 0.25) is 0 Å². The van der Waals surface area contributed by atoms with Crippen LogP contribution in [0.25, 0.3) is 0 Å². The van der Waals surface area contributed by atoms with Gasteiger partial charge >= 0.3 is 6.03 Å². The summed E-state index contributed by atoms with van der Waals surface area (Å²) in [5.74, 6) is -0.296. The molecule has 3 amide bonds. The van der Waals surface area contributed by atoms with Crippen LogP contribution in [0.5, 0.6) is 0 Å².